The van der Waals surface area contributed by atoms with E-state index in [4.69, 9.17) is 16.3 Å². The molecule has 100 valence electrons. The second-order valence-electron chi connectivity index (χ2n) is 4.29. The first-order chi connectivity index (χ1) is 9.10. The third-order valence-corrected chi connectivity index (χ3v) is 3.49. The molecule has 0 aliphatic carbocycles. The largest absolute Gasteiger partial charge is 0.457 e. The Balaban J connectivity index is 2.36. The van der Waals surface area contributed by atoms with Gasteiger partial charge in [0.2, 0.25) is 0 Å². The summed E-state index contributed by atoms with van der Waals surface area (Å²) < 4.78 is 6.99. The Labute approximate surface area is 126 Å². The molecule has 4 heteroatoms. The van der Waals surface area contributed by atoms with Crippen molar-refractivity contribution in [2.75, 3.05) is 7.05 Å². The van der Waals surface area contributed by atoms with Gasteiger partial charge in [0, 0.05) is 21.6 Å². The van der Waals surface area contributed by atoms with E-state index >= 15 is 0 Å². The van der Waals surface area contributed by atoms with Crippen molar-refractivity contribution in [3.05, 3.63) is 57.0 Å². The van der Waals surface area contributed by atoms with Crippen LogP contribution in [0.3, 0.4) is 0 Å². The quantitative estimate of drug-likeness (QED) is 0.852. The van der Waals surface area contributed by atoms with Crippen molar-refractivity contribution in [1.29, 1.82) is 0 Å². The lowest BCUT2D eigenvalue weighted by atomic mass is 10.2. The zero-order chi connectivity index (χ0) is 13.8. The summed E-state index contributed by atoms with van der Waals surface area (Å²) in [4.78, 5) is 0. The number of hydrogen-bond acceptors (Lipinski definition) is 2. The van der Waals surface area contributed by atoms with Crippen molar-refractivity contribution in [3.8, 4) is 11.5 Å². The summed E-state index contributed by atoms with van der Waals surface area (Å²) in [6.07, 6.45) is 0. The highest BCUT2D eigenvalue weighted by molar-refractivity contribution is 9.10. The monoisotopic (exact) mass is 339 g/mol. The van der Waals surface area contributed by atoms with E-state index in [1.165, 1.54) is 0 Å². The standard InChI is InChI=1S/C15H15BrClNO/c1-10-3-5-12(16)7-14(10)19-15-8-13(17)6-4-11(15)9-18-2/h3-8,18H,9H2,1-2H3. The topological polar surface area (TPSA) is 21.3 Å². The predicted octanol–water partition coefficient (Wildman–Crippen LogP) is 4.92. The second-order valence-corrected chi connectivity index (χ2v) is 5.65. The van der Waals surface area contributed by atoms with Gasteiger partial charge in [0.25, 0.3) is 0 Å². The minimum atomic E-state index is 0.669. The van der Waals surface area contributed by atoms with Crippen LogP contribution in [0.4, 0.5) is 0 Å². The maximum atomic E-state index is 6.04. The molecule has 0 aliphatic heterocycles. The molecular weight excluding hydrogens is 326 g/mol. The van der Waals surface area contributed by atoms with Gasteiger partial charge in [-0.15, -0.1) is 0 Å². The number of ether oxygens (including phenoxy) is 1. The fourth-order valence-corrected chi connectivity index (χ4v) is 2.26. The predicted molar refractivity (Wildman–Crippen MR) is 83.2 cm³/mol. The van der Waals surface area contributed by atoms with Crippen LogP contribution in [0.15, 0.2) is 40.9 Å². The molecule has 0 fully saturated rings. The minimum Gasteiger partial charge on any atom is -0.457 e. The summed E-state index contributed by atoms with van der Waals surface area (Å²) >= 11 is 9.50. The molecule has 0 amide bonds. The van der Waals surface area contributed by atoms with Gasteiger partial charge < -0.3 is 10.1 Å². The summed E-state index contributed by atoms with van der Waals surface area (Å²) in [7, 11) is 1.91. The maximum absolute atomic E-state index is 6.04. The van der Waals surface area contributed by atoms with Crippen LogP contribution in [0.2, 0.25) is 5.02 Å². The molecule has 0 heterocycles. The first kappa shape index (κ1) is 14.4. The van der Waals surface area contributed by atoms with Crippen LogP contribution in [0.5, 0.6) is 11.5 Å². The molecule has 0 saturated carbocycles. The van der Waals surface area contributed by atoms with Crippen LogP contribution >= 0.6 is 27.5 Å². The van der Waals surface area contributed by atoms with Crippen molar-refractivity contribution in [1.82, 2.24) is 5.32 Å². The normalized spacial score (nSPS) is 10.5. The number of hydrogen-bond donors (Lipinski definition) is 1. The maximum Gasteiger partial charge on any atom is 0.133 e. The lowest BCUT2D eigenvalue weighted by Crippen LogP contribution is -2.06. The Morgan fingerprint density at radius 1 is 1.16 bits per heavy atom. The fraction of sp³-hybridized carbons (Fsp3) is 0.200. The van der Waals surface area contributed by atoms with Crippen LogP contribution in [0.25, 0.3) is 0 Å². The molecular formula is C15H15BrClNO. The summed E-state index contributed by atoms with van der Waals surface area (Å²) in [6.45, 7) is 2.75. The SMILES string of the molecule is CNCc1ccc(Cl)cc1Oc1cc(Br)ccc1C. The van der Waals surface area contributed by atoms with Crippen LogP contribution in [-0.4, -0.2) is 7.05 Å². The van der Waals surface area contributed by atoms with Crippen LogP contribution < -0.4 is 10.1 Å². The van der Waals surface area contributed by atoms with Gasteiger partial charge in [-0.1, -0.05) is 39.7 Å². The van der Waals surface area contributed by atoms with Gasteiger partial charge in [0.1, 0.15) is 11.5 Å². The van der Waals surface area contributed by atoms with Gasteiger partial charge in [0.15, 0.2) is 0 Å². The summed E-state index contributed by atoms with van der Waals surface area (Å²) in [5.74, 6) is 1.61. The second kappa shape index (κ2) is 6.42. The van der Waals surface area contributed by atoms with E-state index in [9.17, 15) is 0 Å². The van der Waals surface area contributed by atoms with E-state index < -0.39 is 0 Å². The fourth-order valence-electron chi connectivity index (χ4n) is 1.76. The average molecular weight is 341 g/mol. The molecule has 19 heavy (non-hydrogen) atoms. The van der Waals surface area contributed by atoms with E-state index in [0.717, 1.165) is 33.6 Å². The molecule has 0 bridgehead atoms. The zero-order valence-corrected chi connectivity index (χ0v) is 13.2. The number of aryl methyl sites for hydroxylation is 1. The number of rotatable bonds is 4. The third kappa shape index (κ3) is 3.72. The average Bonchev–Trinajstić information content (AvgIpc) is 2.37. The van der Waals surface area contributed by atoms with Gasteiger partial charge in [-0.05, 0) is 43.8 Å². The number of benzene rings is 2. The molecule has 0 aliphatic rings. The van der Waals surface area contributed by atoms with Crippen molar-refractivity contribution in [2.45, 2.75) is 13.5 Å². The summed E-state index contributed by atoms with van der Waals surface area (Å²) in [5.41, 5.74) is 2.16. The molecule has 1 N–H and O–H groups in total. The van der Waals surface area contributed by atoms with Crippen molar-refractivity contribution < 1.29 is 4.74 Å². The molecule has 0 spiro atoms. The number of halogens is 2. The number of nitrogens with one attached hydrogen (secondary N) is 1. The van der Waals surface area contributed by atoms with Gasteiger partial charge in [-0.25, -0.2) is 0 Å². The third-order valence-electron chi connectivity index (χ3n) is 2.77. The van der Waals surface area contributed by atoms with Crippen molar-refractivity contribution in [2.24, 2.45) is 0 Å². The highest BCUT2D eigenvalue weighted by Crippen LogP contribution is 2.32. The van der Waals surface area contributed by atoms with Crippen molar-refractivity contribution >= 4 is 27.5 Å². The molecule has 0 unspecified atom stereocenters. The van der Waals surface area contributed by atoms with Crippen molar-refractivity contribution in [3.63, 3.8) is 0 Å². The highest BCUT2D eigenvalue weighted by Gasteiger charge is 2.08. The Bertz CT molecular complexity index is 586. The van der Waals surface area contributed by atoms with Gasteiger partial charge in [-0.2, -0.15) is 0 Å². The lowest BCUT2D eigenvalue weighted by molar-refractivity contribution is 0.470. The van der Waals surface area contributed by atoms with Gasteiger partial charge in [-0.3, -0.25) is 0 Å². The molecule has 0 radical (unpaired) electrons. The molecule has 0 atom stereocenters. The molecule has 2 nitrogen and oxygen atoms in total. The van der Waals surface area contributed by atoms with E-state index in [1.807, 2.05) is 50.4 Å². The van der Waals surface area contributed by atoms with Gasteiger partial charge in [0.05, 0.1) is 0 Å². The van der Waals surface area contributed by atoms with E-state index in [2.05, 4.69) is 21.2 Å². The highest BCUT2D eigenvalue weighted by atomic mass is 79.9. The molecule has 2 aromatic rings. The van der Waals surface area contributed by atoms with E-state index in [0.29, 0.717) is 5.02 Å². The lowest BCUT2D eigenvalue weighted by Gasteiger charge is -2.13. The molecule has 0 aromatic heterocycles. The minimum absolute atomic E-state index is 0.669. The summed E-state index contributed by atoms with van der Waals surface area (Å²) in [5, 5.41) is 3.79. The van der Waals surface area contributed by atoms with Gasteiger partial charge >= 0.3 is 0 Å². The van der Waals surface area contributed by atoms with E-state index in [-0.39, 0.29) is 0 Å². The first-order valence-corrected chi connectivity index (χ1v) is 7.14. The molecule has 2 aromatic carbocycles. The van der Waals surface area contributed by atoms with Crippen LogP contribution in [0.1, 0.15) is 11.1 Å². The van der Waals surface area contributed by atoms with Crippen LogP contribution in [0, 0.1) is 6.92 Å². The van der Waals surface area contributed by atoms with E-state index in [1.54, 1.807) is 0 Å². The smallest absolute Gasteiger partial charge is 0.133 e. The molecule has 2 rings (SSSR count). The van der Waals surface area contributed by atoms with Crippen LogP contribution in [-0.2, 0) is 6.54 Å². The molecule has 0 saturated heterocycles. The Morgan fingerprint density at radius 2 is 1.95 bits per heavy atom. The zero-order valence-electron chi connectivity index (χ0n) is 10.8. The Morgan fingerprint density at radius 3 is 2.68 bits per heavy atom. The summed E-state index contributed by atoms with van der Waals surface area (Å²) in [6, 6.07) is 11.7. The Hall–Kier alpha value is -1.03. The first-order valence-electron chi connectivity index (χ1n) is 5.97. The Kier molecular flexibility index (Phi) is 4.86.